The number of halogens is 2. The zero-order chi connectivity index (χ0) is 14.9. The molecule has 22 heavy (non-hydrogen) atoms. The van der Waals surface area contributed by atoms with Gasteiger partial charge in [-0.05, 0) is 43.9 Å². The first-order valence-corrected chi connectivity index (χ1v) is 8.27. The number of amides is 1. The first-order valence-electron chi connectivity index (χ1n) is 7.89. The summed E-state index contributed by atoms with van der Waals surface area (Å²) in [5.74, 6) is 0.689. The standard InChI is InChI=1S/C17H23ClN2O.ClH/c1-12(14-7-2-3-8-15(14)18)20-16(21)17-9-5-4-6-13(17)10-19-11-17;/h2-3,7-8,12-13,19H,4-6,9-11H2,1H3,(H,20,21);1H/t12?,13-,17+;/m0./s1. The predicted molar refractivity (Wildman–Crippen MR) is 92.5 cm³/mol. The maximum atomic E-state index is 12.9. The molecule has 0 bridgehead atoms. The van der Waals surface area contributed by atoms with Crippen LogP contribution >= 0.6 is 24.0 Å². The molecule has 122 valence electrons. The fraction of sp³-hybridized carbons (Fsp3) is 0.588. The molecule has 1 aromatic carbocycles. The van der Waals surface area contributed by atoms with E-state index in [0.29, 0.717) is 10.9 Å². The zero-order valence-electron chi connectivity index (χ0n) is 12.9. The molecule has 2 fully saturated rings. The first-order chi connectivity index (χ1) is 10.1. The third-order valence-electron chi connectivity index (χ3n) is 5.21. The number of hydrogen-bond acceptors (Lipinski definition) is 2. The van der Waals surface area contributed by atoms with Crippen LogP contribution in [0.1, 0.15) is 44.2 Å². The van der Waals surface area contributed by atoms with E-state index in [-0.39, 0.29) is 29.8 Å². The highest BCUT2D eigenvalue weighted by atomic mass is 35.5. The molecule has 2 aliphatic rings. The van der Waals surface area contributed by atoms with Gasteiger partial charge in [0.1, 0.15) is 0 Å². The summed E-state index contributed by atoms with van der Waals surface area (Å²) in [6.07, 6.45) is 4.58. The third kappa shape index (κ3) is 3.12. The lowest BCUT2D eigenvalue weighted by atomic mass is 9.67. The summed E-state index contributed by atoms with van der Waals surface area (Å²) in [5.41, 5.74) is 0.788. The van der Waals surface area contributed by atoms with Crippen molar-refractivity contribution in [2.24, 2.45) is 11.3 Å². The van der Waals surface area contributed by atoms with Crippen molar-refractivity contribution < 1.29 is 4.79 Å². The van der Waals surface area contributed by atoms with Crippen molar-refractivity contribution in [3.8, 4) is 0 Å². The third-order valence-corrected chi connectivity index (χ3v) is 5.55. The van der Waals surface area contributed by atoms with Crippen LogP contribution in [-0.2, 0) is 4.79 Å². The minimum Gasteiger partial charge on any atom is -0.349 e. The van der Waals surface area contributed by atoms with Crippen LogP contribution in [0.15, 0.2) is 24.3 Å². The molecule has 3 rings (SSSR count). The highest BCUT2D eigenvalue weighted by Crippen LogP contribution is 2.44. The quantitative estimate of drug-likeness (QED) is 0.878. The van der Waals surface area contributed by atoms with E-state index >= 15 is 0 Å². The molecule has 0 spiro atoms. The van der Waals surface area contributed by atoms with Crippen LogP contribution in [0.3, 0.4) is 0 Å². The maximum Gasteiger partial charge on any atom is 0.228 e. The summed E-state index contributed by atoms with van der Waals surface area (Å²) in [6, 6.07) is 7.68. The van der Waals surface area contributed by atoms with Gasteiger partial charge >= 0.3 is 0 Å². The minimum absolute atomic E-state index is 0. The van der Waals surface area contributed by atoms with Gasteiger partial charge in [-0.2, -0.15) is 0 Å². The molecule has 1 heterocycles. The van der Waals surface area contributed by atoms with Gasteiger partial charge in [-0.25, -0.2) is 0 Å². The van der Waals surface area contributed by atoms with Gasteiger partial charge in [-0.3, -0.25) is 4.79 Å². The molecular formula is C17H24Cl2N2O. The molecule has 1 saturated heterocycles. The average molecular weight is 343 g/mol. The summed E-state index contributed by atoms with van der Waals surface area (Å²) in [5, 5.41) is 7.34. The molecule has 1 unspecified atom stereocenters. The van der Waals surface area contributed by atoms with E-state index in [4.69, 9.17) is 11.6 Å². The van der Waals surface area contributed by atoms with Crippen molar-refractivity contribution in [3.63, 3.8) is 0 Å². The lowest BCUT2D eigenvalue weighted by Crippen LogP contribution is -2.48. The molecule has 3 nitrogen and oxygen atoms in total. The highest BCUT2D eigenvalue weighted by Gasteiger charge is 2.50. The number of nitrogens with one attached hydrogen (secondary N) is 2. The number of carbonyl (C=O) groups excluding carboxylic acids is 1. The molecule has 1 amide bonds. The summed E-state index contributed by atoms with van der Waals surface area (Å²) in [7, 11) is 0. The van der Waals surface area contributed by atoms with Crippen LogP contribution in [-0.4, -0.2) is 19.0 Å². The molecule has 1 saturated carbocycles. The number of rotatable bonds is 3. The van der Waals surface area contributed by atoms with E-state index in [1.165, 1.54) is 12.8 Å². The Hall–Kier alpha value is -0.770. The molecule has 1 aromatic rings. The Bertz CT molecular complexity index is 537. The van der Waals surface area contributed by atoms with Gasteiger partial charge in [0.05, 0.1) is 11.5 Å². The summed E-state index contributed by atoms with van der Waals surface area (Å²) >= 11 is 6.23. The number of fused-ring (bicyclic) bond motifs is 1. The summed E-state index contributed by atoms with van der Waals surface area (Å²) in [4.78, 5) is 12.9. The van der Waals surface area contributed by atoms with Crippen molar-refractivity contribution in [1.82, 2.24) is 10.6 Å². The van der Waals surface area contributed by atoms with Gasteiger partial charge in [0, 0.05) is 11.6 Å². The van der Waals surface area contributed by atoms with Gasteiger partial charge in [-0.1, -0.05) is 42.6 Å². The zero-order valence-corrected chi connectivity index (χ0v) is 14.5. The normalized spacial score (nSPS) is 28.4. The van der Waals surface area contributed by atoms with Crippen molar-refractivity contribution in [2.75, 3.05) is 13.1 Å². The second-order valence-electron chi connectivity index (χ2n) is 6.45. The Labute approximate surface area is 143 Å². The fourth-order valence-electron chi connectivity index (χ4n) is 3.93. The molecule has 0 aromatic heterocycles. The fourth-order valence-corrected chi connectivity index (χ4v) is 4.23. The monoisotopic (exact) mass is 342 g/mol. The molecule has 1 aliphatic heterocycles. The Morgan fingerprint density at radius 1 is 1.41 bits per heavy atom. The van der Waals surface area contributed by atoms with E-state index in [0.717, 1.165) is 31.5 Å². The van der Waals surface area contributed by atoms with Crippen LogP contribution in [0.2, 0.25) is 5.02 Å². The van der Waals surface area contributed by atoms with E-state index < -0.39 is 0 Å². The van der Waals surface area contributed by atoms with Gasteiger partial charge in [0.2, 0.25) is 5.91 Å². The molecule has 2 N–H and O–H groups in total. The Morgan fingerprint density at radius 3 is 2.95 bits per heavy atom. The van der Waals surface area contributed by atoms with Gasteiger partial charge in [0.15, 0.2) is 0 Å². The number of benzene rings is 1. The predicted octanol–water partition coefficient (Wildman–Crippen LogP) is 3.72. The van der Waals surface area contributed by atoms with Crippen molar-refractivity contribution in [1.29, 1.82) is 0 Å². The largest absolute Gasteiger partial charge is 0.349 e. The van der Waals surface area contributed by atoms with Crippen LogP contribution in [0.5, 0.6) is 0 Å². The smallest absolute Gasteiger partial charge is 0.228 e. The van der Waals surface area contributed by atoms with E-state index in [9.17, 15) is 4.79 Å². The minimum atomic E-state index is -0.201. The second kappa shape index (κ2) is 7.20. The Morgan fingerprint density at radius 2 is 2.18 bits per heavy atom. The van der Waals surface area contributed by atoms with Crippen LogP contribution in [0.4, 0.5) is 0 Å². The van der Waals surface area contributed by atoms with Gasteiger partial charge < -0.3 is 10.6 Å². The molecule has 5 heteroatoms. The average Bonchev–Trinajstić information content (AvgIpc) is 2.92. The second-order valence-corrected chi connectivity index (χ2v) is 6.85. The van der Waals surface area contributed by atoms with Crippen LogP contribution in [0.25, 0.3) is 0 Å². The highest BCUT2D eigenvalue weighted by molar-refractivity contribution is 6.31. The van der Waals surface area contributed by atoms with E-state index in [2.05, 4.69) is 10.6 Å². The van der Waals surface area contributed by atoms with Crippen molar-refractivity contribution in [2.45, 2.75) is 38.6 Å². The summed E-state index contributed by atoms with van der Waals surface area (Å²) in [6.45, 7) is 3.81. The topological polar surface area (TPSA) is 41.1 Å². The van der Waals surface area contributed by atoms with Crippen LogP contribution in [0, 0.1) is 11.3 Å². The molecule has 1 aliphatic carbocycles. The maximum absolute atomic E-state index is 12.9. The first kappa shape index (κ1) is 17.6. The Kier molecular flexibility index (Phi) is 5.76. The SMILES string of the molecule is CC(NC(=O)[C@@]12CCCC[C@H]1CNC2)c1ccccc1Cl.Cl. The van der Waals surface area contributed by atoms with Crippen molar-refractivity contribution >= 4 is 29.9 Å². The summed E-state index contributed by atoms with van der Waals surface area (Å²) < 4.78 is 0. The molecular weight excluding hydrogens is 319 g/mol. The number of hydrogen-bond donors (Lipinski definition) is 2. The molecule has 0 radical (unpaired) electrons. The lowest BCUT2D eigenvalue weighted by Gasteiger charge is -2.38. The van der Waals surface area contributed by atoms with Gasteiger partial charge in [-0.15, -0.1) is 12.4 Å². The van der Waals surface area contributed by atoms with Crippen molar-refractivity contribution in [3.05, 3.63) is 34.9 Å². The van der Waals surface area contributed by atoms with Crippen LogP contribution < -0.4 is 10.6 Å². The van der Waals surface area contributed by atoms with Gasteiger partial charge in [0.25, 0.3) is 0 Å². The Balaban J connectivity index is 0.00000176. The van der Waals surface area contributed by atoms with E-state index in [1.54, 1.807) is 0 Å². The molecule has 3 atom stereocenters. The number of carbonyl (C=O) groups is 1. The van der Waals surface area contributed by atoms with E-state index in [1.807, 2.05) is 31.2 Å². The lowest BCUT2D eigenvalue weighted by molar-refractivity contribution is -0.134.